The topological polar surface area (TPSA) is 48.1 Å². The Hall–Kier alpha value is -1.25. The van der Waals surface area contributed by atoms with Gasteiger partial charge in [0.05, 0.1) is 25.2 Å². The highest BCUT2D eigenvalue weighted by Crippen LogP contribution is 2.19. The van der Waals surface area contributed by atoms with E-state index in [1.807, 2.05) is 6.92 Å². The Bertz CT molecular complexity index is 235. The second-order valence-corrected chi connectivity index (χ2v) is 2.06. The predicted octanol–water partition coefficient (Wildman–Crippen LogP) is 0.981. The van der Waals surface area contributed by atoms with Gasteiger partial charge in [-0.25, -0.2) is 0 Å². The maximum atomic E-state index is 5.55. The number of aromatic nitrogens is 1. The van der Waals surface area contributed by atoms with E-state index < -0.39 is 0 Å². The van der Waals surface area contributed by atoms with Gasteiger partial charge in [0.2, 0.25) is 0 Å². The van der Waals surface area contributed by atoms with Crippen molar-refractivity contribution in [2.45, 2.75) is 6.92 Å². The van der Waals surface area contributed by atoms with E-state index in [1.165, 1.54) is 0 Å². The fourth-order valence-corrected chi connectivity index (χ4v) is 0.727. The number of nitrogens with zero attached hydrogens (tertiary/aromatic N) is 1. The molecule has 0 aliphatic heterocycles. The number of anilines is 1. The van der Waals surface area contributed by atoms with Crippen molar-refractivity contribution in [2.75, 3.05) is 12.8 Å². The van der Waals surface area contributed by atoms with Crippen LogP contribution >= 0.6 is 0 Å². The van der Waals surface area contributed by atoms with Crippen molar-refractivity contribution in [3.05, 3.63) is 18.0 Å². The molecule has 0 atom stereocenters. The summed E-state index contributed by atoms with van der Waals surface area (Å²) < 4.78 is 4.98. The molecular weight excluding hydrogens is 128 g/mol. The van der Waals surface area contributed by atoms with Gasteiger partial charge in [0, 0.05) is 5.56 Å². The number of ether oxygens (including phenoxy) is 1. The molecule has 0 aliphatic rings. The minimum atomic E-state index is 0.666. The van der Waals surface area contributed by atoms with Gasteiger partial charge in [-0.05, 0) is 6.92 Å². The highest BCUT2D eigenvalue weighted by atomic mass is 16.5. The van der Waals surface area contributed by atoms with Crippen molar-refractivity contribution in [2.24, 2.45) is 0 Å². The van der Waals surface area contributed by atoms with E-state index in [0.717, 1.165) is 11.3 Å². The Morgan fingerprint density at radius 2 is 2.20 bits per heavy atom. The average molecular weight is 138 g/mol. The molecule has 1 aromatic heterocycles. The molecule has 2 N–H and O–H groups in total. The van der Waals surface area contributed by atoms with Crippen LogP contribution in [0.5, 0.6) is 5.75 Å². The van der Waals surface area contributed by atoms with Crippen LogP contribution in [0.4, 0.5) is 5.69 Å². The largest absolute Gasteiger partial charge is 0.495 e. The van der Waals surface area contributed by atoms with Crippen molar-refractivity contribution in [3.8, 4) is 5.75 Å². The maximum Gasteiger partial charge on any atom is 0.142 e. The van der Waals surface area contributed by atoms with Crippen LogP contribution in [0.15, 0.2) is 12.4 Å². The summed E-state index contributed by atoms with van der Waals surface area (Å²) in [5.74, 6) is 0.736. The third-order valence-corrected chi connectivity index (χ3v) is 1.43. The molecule has 10 heavy (non-hydrogen) atoms. The van der Waals surface area contributed by atoms with E-state index in [1.54, 1.807) is 19.5 Å². The van der Waals surface area contributed by atoms with Crippen LogP contribution in [-0.4, -0.2) is 12.1 Å². The fourth-order valence-electron chi connectivity index (χ4n) is 0.727. The molecular formula is C7H10N2O. The van der Waals surface area contributed by atoms with Crippen molar-refractivity contribution < 1.29 is 4.74 Å². The van der Waals surface area contributed by atoms with Crippen molar-refractivity contribution in [1.29, 1.82) is 0 Å². The number of hydrogen-bond acceptors (Lipinski definition) is 3. The van der Waals surface area contributed by atoms with Crippen LogP contribution in [0.2, 0.25) is 0 Å². The van der Waals surface area contributed by atoms with E-state index in [9.17, 15) is 0 Å². The van der Waals surface area contributed by atoms with E-state index in [0.29, 0.717) is 5.69 Å². The van der Waals surface area contributed by atoms with Crippen LogP contribution in [-0.2, 0) is 0 Å². The molecule has 3 nitrogen and oxygen atoms in total. The summed E-state index contributed by atoms with van der Waals surface area (Å²) in [4.78, 5) is 3.87. The van der Waals surface area contributed by atoms with Crippen LogP contribution in [0.3, 0.4) is 0 Å². The molecule has 0 saturated heterocycles. The van der Waals surface area contributed by atoms with Gasteiger partial charge in [0.1, 0.15) is 5.75 Å². The molecule has 0 saturated carbocycles. The average Bonchev–Trinajstić information content (AvgIpc) is 1.95. The Balaban J connectivity index is 3.14. The monoisotopic (exact) mass is 138 g/mol. The number of methoxy groups -OCH3 is 1. The number of rotatable bonds is 1. The molecule has 0 aromatic carbocycles. The molecule has 54 valence electrons. The Kier molecular flexibility index (Phi) is 1.76. The van der Waals surface area contributed by atoms with E-state index in [-0.39, 0.29) is 0 Å². The molecule has 1 aromatic rings. The summed E-state index contributed by atoms with van der Waals surface area (Å²) in [5.41, 5.74) is 7.16. The number of hydrogen-bond donors (Lipinski definition) is 1. The summed E-state index contributed by atoms with van der Waals surface area (Å²) >= 11 is 0. The van der Waals surface area contributed by atoms with Gasteiger partial charge in [0.15, 0.2) is 0 Å². The smallest absolute Gasteiger partial charge is 0.142 e. The minimum Gasteiger partial charge on any atom is -0.495 e. The lowest BCUT2D eigenvalue weighted by molar-refractivity contribution is 0.410. The predicted molar refractivity (Wildman–Crippen MR) is 39.9 cm³/mol. The molecule has 1 rings (SSSR count). The molecule has 3 heteroatoms. The van der Waals surface area contributed by atoms with Crippen LogP contribution in [0.1, 0.15) is 5.56 Å². The number of pyridine rings is 1. The Morgan fingerprint density at radius 3 is 2.70 bits per heavy atom. The van der Waals surface area contributed by atoms with Gasteiger partial charge in [-0.2, -0.15) is 0 Å². The van der Waals surface area contributed by atoms with Gasteiger partial charge >= 0.3 is 0 Å². The van der Waals surface area contributed by atoms with Crippen molar-refractivity contribution >= 4 is 5.69 Å². The van der Waals surface area contributed by atoms with Crippen LogP contribution in [0, 0.1) is 6.92 Å². The van der Waals surface area contributed by atoms with Crippen LogP contribution < -0.4 is 10.5 Å². The standard InChI is InChI=1S/C7H10N2O/c1-5-6(8)3-9-4-7(5)10-2/h3-4H,8H2,1-2H3. The summed E-state index contributed by atoms with van der Waals surface area (Å²) in [6, 6.07) is 0. The molecule has 0 aliphatic carbocycles. The fraction of sp³-hybridized carbons (Fsp3) is 0.286. The molecule has 1 heterocycles. The molecule has 0 fully saturated rings. The van der Waals surface area contributed by atoms with Crippen molar-refractivity contribution in [1.82, 2.24) is 4.98 Å². The van der Waals surface area contributed by atoms with Gasteiger partial charge < -0.3 is 10.5 Å². The number of nitrogens with two attached hydrogens (primary N) is 1. The summed E-state index contributed by atoms with van der Waals surface area (Å²) in [6.45, 7) is 1.90. The van der Waals surface area contributed by atoms with Crippen molar-refractivity contribution in [3.63, 3.8) is 0 Å². The third kappa shape index (κ3) is 1.03. The van der Waals surface area contributed by atoms with Gasteiger partial charge in [-0.1, -0.05) is 0 Å². The molecule has 0 unspecified atom stereocenters. The van der Waals surface area contributed by atoms with Crippen LogP contribution in [0.25, 0.3) is 0 Å². The highest BCUT2D eigenvalue weighted by Gasteiger charge is 1.99. The first-order valence-corrected chi connectivity index (χ1v) is 2.99. The zero-order valence-electron chi connectivity index (χ0n) is 6.09. The zero-order chi connectivity index (χ0) is 7.56. The summed E-state index contributed by atoms with van der Waals surface area (Å²) in [7, 11) is 1.60. The lowest BCUT2D eigenvalue weighted by atomic mass is 10.2. The second kappa shape index (κ2) is 2.56. The van der Waals surface area contributed by atoms with E-state index in [2.05, 4.69) is 4.98 Å². The second-order valence-electron chi connectivity index (χ2n) is 2.06. The first-order chi connectivity index (χ1) is 4.75. The molecule has 0 bridgehead atoms. The quantitative estimate of drug-likeness (QED) is 0.629. The summed E-state index contributed by atoms with van der Waals surface area (Å²) in [6.07, 6.45) is 3.25. The van der Waals surface area contributed by atoms with E-state index in [4.69, 9.17) is 10.5 Å². The number of nitrogen functional groups attached to an aromatic ring is 1. The van der Waals surface area contributed by atoms with E-state index >= 15 is 0 Å². The maximum absolute atomic E-state index is 5.55. The van der Waals surface area contributed by atoms with Gasteiger partial charge in [-0.15, -0.1) is 0 Å². The minimum absolute atomic E-state index is 0.666. The highest BCUT2D eigenvalue weighted by molar-refractivity contribution is 5.50. The lowest BCUT2D eigenvalue weighted by Gasteiger charge is -2.04. The first-order valence-electron chi connectivity index (χ1n) is 2.99. The molecule has 0 spiro atoms. The SMILES string of the molecule is COc1cncc(N)c1C. The zero-order valence-corrected chi connectivity index (χ0v) is 6.09. The van der Waals surface area contributed by atoms with Gasteiger partial charge in [0.25, 0.3) is 0 Å². The normalized spacial score (nSPS) is 9.40. The molecule has 0 amide bonds. The van der Waals surface area contributed by atoms with Gasteiger partial charge in [-0.3, -0.25) is 4.98 Å². The Labute approximate surface area is 59.8 Å². The molecule has 0 radical (unpaired) electrons. The first kappa shape index (κ1) is 6.86. The third-order valence-electron chi connectivity index (χ3n) is 1.43. The summed E-state index contributed by atoms with van der Waals surface area (Å²) in [5, 5.41) is 0. The Morgan fingerprint density at radius 1 is 1.50 bits per heavy atom. The lowest BCUT2D eigenvalue weighted by Crippen LogP contribution is -1.94.